The van der Waals surface area contributed by atoms with Crippen molar-refractivity contribution in [3.05, 3.63) is 58.7 Å². The Bertz CT molecular complexity index is 1190. The molecule has 2 aliphatic heterocycles. The summed E-state index contributed by atoms with van der Waals surface area (Å²) in [5.74, 6) is -0.819. The summed E-state index contributed by atoms with van der Waals surface area (Å²) < 4.78 is 16.2. The molecule has 2 fully saturated rings. The lowest BCUT2D eigenvalue weighted by Crippen LogP contribution is -2.38. The van der Waals surface area contributed by atoms with Gasteiger partial charge < -0.3 is 29.3 Å². The number of benzene rings is 2. The third-order valence-electron chi connectivity index (χ3n) is 6.81. The van der Waals surface area contributed by atoms with Crippen LogP contribution in [0, 0.1) is 6.92 Å². The number of methoxy groups -OCH3 is 1. The van der Waals surface area contributed by atoms with E-state index in [4.69, 9.17) is 14.2 Å². The number of aliphatic hydroxyl groups excluding tert-OH is 1. The normalized spacial score (nSPS) is 19.9. The van der Waals surface area contributed by atoms with E-state index in [1.165, 1.54) is 11.0 Å². The molecule has 9 nitrogen and oxygen atoms in total. The molecule has 0 bridgehead atoms. The van der Waals surface area contributed by atoms with E-state index in [2.05, 4.69) is 4.90 Å². The van der Waals surface area contributed by atoms with Crippen molar-refractivity contribution in [1.82, 2.24) is 9.80 Å². The van der Waals surface area contributed by atoms with Crippen LogP contribution >= 0.6 is 0 Å². The van der Waals surface area contributed by atoms with Crippen LogP contribution < -0.4 is 9.47 Å². The number of hydrogen-bond acceptors (Lipinski definition) is 8. The minimum atomic E-state index is -0.828. The van der Waals surface area contributed by atoms with E-state index in [0.29, 0.717) is 55.2 Å². The fraction of sp³-hybridized carbons (Fsp3) is 0.429. The van der Waals surface area contributed by atoms with Gasteiger partial charge in [0.15, 0.2) is 11.5 Å². The van der Waals surface area contributed by atoms with Crippen LogP contribution in [0.1, 0.15) is 36.1 Å². The number of ether oxygens (including phenoxy) is 3. The summed E-state index contributed by atoms with van der Waals surface area (Å²) in [7, 11) is 1.55. The van der Waals surface area contributed by atoms with Gasteiger partial charge in [0, 0.05) is 31.7 Å². The zero-order valence-electron chi connectivity index (χ0n) is 21.5. The molecule has 2 heterocycles. The topological polar surface area (TPSA) is 109 Å². The Kier molecular flexibility index (Phi) is 8.35. The molecule has 37 heavy (non-hydrogen) atoms. The number of rotatable bonds is 9. The number of ketones is 1. The van der Waals surface area contributed by atoms with Gasteiger partial charge in [-0.2, -0.15) is 0 Å². The van der Waals surface area contributed by atoms with Crippen LogP contribution in [-0.2, 0) is 14.3 Å². The molecular formula is C28H34N2O7. The standard InChI is InChI=1S/C28H34N2O7/c1-4-37-23-17-19(6-9-22(23)31)25-24(26(32)21-8-7-20(35-3)16-18(21)2)27(33)28(34)30(25)11-5-10-29-12-14-36-15-13-29/h6-9,16-17,25,31-32H,4-5,10-15H2,1-3H3/b26-24+. The molecule has 2 N–H and O–H groups in total. The van der Waals surface area contributed by atoms with Crippen molar-refractivity contribution in [2.45, 2.75) is 26.3 Å². The maximum absolute atomic E-state index is 13.3. The lowest BCUT2D eigenvalue weighted by molar-refractivity contribution is -0.140. The molecule has 0 aromatic heterocycles. The number of hydrogen-bond donors (Lipinski definition) is 2. The van der Waals surface area contributed by atoms with E-state index in [1.54, 1.807) is 51.3 Å². The number of amides is 1. The van der Waals surface area contributed by atoms with Gasteiger partial charge in [-0.3, -0.25) is 14.5 Å². The summed E-state index contributed by atoms with van der Waals surface area (Å²) in [5, 5.41) is 21.6. The van der Waals surface area contributed by atoms with Crippen molar-refractivity contribution in [1.29, 1.82) is 0 Å². The summed E-state index contributed by atoms with van der Waals surface area (Å²) in [5.41, 5.74) is 1.73. The molecule has 0 radical (unpaired) electrons. The van der Waals surface area contributed by atoms with Crippen LogP contribution in [0.5, 0.6) is 17.2 Å². The highest BCUT2D eigenvalue weighted by Crippen LogP contribution is 2.42. The maximum atomic E-state index is 13.3. The SMILES string of the molecule is CCOc1cc(C2/C(=C(\O)c3ccc(OC)cc3C)C(=O)C(=O)N2CCCN2CCOCC2)ccc1O. The van der Waals surface area contributed by atoms with Gasteiger partial charge in [0.2, 0.25) is 0 Å². The second kappa shape index (κ2) is 11.7. The minimum absolute atomic E-state index is 0.0118. The first-order valence-electron chi connectivity index (χ1n) is 12.5. The molecule has 1 amide bonds. The Morgan fingerprint density at radius 2 is 1.86 bits per heavy atom. The van der Waals surface area contributed by atoms with Crippen LogP contribution in [0.15, 0.2) is 42.0 Å². The zero-order chi connectivity index (χ0) is 26.5. The van der Waals surface area contributed by atoms with Crippen molar-refractivity contribution in [3.8, 4) is 17.2 Å². The Morgan fingerprint density at radius 3 is 2.54 bits per heavy atom. The largest absolute Gasteiger partial charge is 0.507 e. The van der Waals surface area contributed by atoms with Crippen LogP contribution in [0.3, 0.4) is 0 Å². The maximum Gasteiger partial charge on any atom is 0.295 e. The number of carbonyl (C=O) groups excluding carboxylic acids is 2. The van der Waals surface area contributed by atoms with Gasteiger partial charge in [-0.1, -0.05) is 6.07 Å². The van der Waals surface area contributed by atoms with E-state index in [1.807, 2.05) is 0 Å². The predicted molar refractivity (Wildman–Crippen MR) is 138 cm³/mol. The lowest BCUT2D eigenvalue weighted by Gasteiger charge is -2.29. The molecule has 2 aliphatic rings. The summed E-state index contributed by atoms with van der Waals surface area (Å²) in [6, 6.07) is 9.06. The van der Waals surface area contributed by atoms with Gasteiger partial charge >= 0.3 is 0 Å². The Balaban J connectivity index is 1.74. The van der Waals surface area contributed by atoms with Crippen LogP contribution in [0.4, 0.5) is 0 Å². The summed E-state index contributed by atoms with van der Waals surface area (Å²) >= 11 is 0. The molecule has 2 saturated heterocycles. The molecule has 0 aliphatic carbocycles. The van der Waals surface area contributed by atoms with Crippen LogP contribution in [-0.4, -0.2) is 84.8 Å². The van der Waals surface area contributed by atoms with Gasteiger partial charge in [-0.05, 0) is 61.7 Å². The first kappa shape index (κ1) is 26.5. The number of aromatic hydroxyl groups is 1. The van der Waals surface area contributed by atoms with E-state index < -0.39 is 17.7 Å². The molecule has 1 unspecified atom stereocenters. The highest BCUT2D eigenvalue weighted by atomic mass is 16.5. The van der Waals surface area contributed by atoms with Crippen molar-refractivity contribution in [3.63, 3.8) is 0 Å². The first-order chi connectivity index (χ1) is 17.8. The summed E-state index contributed by atoms with van der Waals surface area (Å²) in [6.45, 7) is 8.05. The molecule has 198 valence electrons. The second-order valence-corrected chi connectivity index (χ2v) is 9.14. The molecule has 1 atom stereocenters. The molecule has 4 rings (SSSR count). The van der Waals surface area contributed by atoms with Gasteiger partial charge in [0.05, 0.1) is 38.5 Å². The average molecular weight is 511 g/mol. The zero-order valence-corrected chi connectivity index (χ0v) is 21.5. The quantitative estimate of drug-likeness (QED) is 0.301. The predicted octanol–water partition coefficient (Wildman–Crippen LogP) is 3.25. The number of carbonyl (C=O) groups is 2. The summed E-state index contributed by atoms with van der Waals surface area (Å²) in [4.78, 5) is 30.4. The number of likely N-dealkylation sites (tertiary alicyclic amines) is 1. The van der Waals surface area contributed by atoms with Crippen molar-refractivity contribution in [2.75, 3.05) is 53.1 Å². The van der Waals surface area contributed by atoms with Crippen LogP contribution in [0.2, 0.25) is 0 Å². The molecule has 2 aromatic rings. The monoisotopic (exact) mass is 510 g/mol. The highest BCUT2D eigenvalue weighted by Gasteiger charge is 2.46. The van der Waals surface area contributed by atoms with Gasteiger partial charge in [-0.15, -0.1) is 0 Å². The van der Waals surface area contributed by atoms with E-state index >= 15 is 0 Å². The number of morpholine rings is 1. The first-order valence-corrected chi connectivity index (χ1v) is 12.5. The molecule has 2 aromatic carbocycles. The lowest BCUT2D eigenvalue weighted by atomic mass is 9.93. The Hall–Kier alpha value is -3.56. The molecule has 0 saturated carbocycles. The number of aliphatic hydroxyl groups is 1. The highest BCUT2D eigenvalue weighted by molar-refractivity contribution is 6.46. The smallest absolute Gasteiger partial charge is 0.295 e. The third-order valence-corrected chi connectivity index (χ3v) is 6.81. The number of phenols is 1. The molecule has 9 heteroatoms. The van der Waals surface area contributed by atoms with E-state index in [0.717, 1.165) is 19.6 Å². The number of phenolic OH excluding ortho intramolecular Hbond substituents is 1. The molecule has 0 spiro atoms. The third kappa shape index (κ3) is 5.57. The second-order valence-electron chi connectivity index (χ2n) is 9.14. The Labute approximate surface area is 216 Å². The Morgan fingerprint density at radius 1 is 1.11 bits per heavy atom. The fourth-order valence-electron chi connectivity index (χ4n) is 4.89. The van der Waals surface area contributed by atoms with Crippen molar-refractivity contribution in [2.24, 2.45) is 0 Å². The van der Waals surface area contributed by atoms with E-state index in [9.17, 15) is 19.8 Å². The number of Topliss-reactive ketones (excluding diaryl/α,β-unsaturated/α-hetero) is 1. The van der Waals surface area contributed by atoms with Crippen molar-refractivity contribution >= 4 is 17.4 Å². The minimum Gasteiger partial charge on any atom is -0.507 e. The molecular weight excluding hydrogens is 476 g/mol. The number of aryl methyl sites for hydroxylation is 1. The van der Waals surface area contributed by atoms with Crippen LogP contribution in [0.25, 0.3) is 5.76 Å². The average Bonchev–Trinajstić information content (AvgIpc) is 3.15. The van der Waals surface area contributed by atoms with Crippen molar-refractivity contribution < 1.29 is 34.0 Å². The summed E-state index contributed by atoms with van der Waals surface area (Å²) in [6.07, 6.45) is 0.654. The van der Waals surface area contributed by atoms with E-state index in [-0.39, 0.29) is 22.8 Å². The fourth-order valence-corrected chi connectivity index (χ4v) is 4.89. The van der Waals surface area contributed by atoms with Gasteiger partial charge in [-0.25, -0.2) is 0 Å². The van der Waals surface area contributed by atoms with Gasteiger partial charge in [0.25, 0.3) is 11.7 Å². The van der Waals surface area contributed by atoms with Gasteiger partial charge in [0.1, 0.15) is 11.5 Å². The number of nitrogens with zero attached hydrogens (tertiary/aromatic N) is 2.